The fourth-order valence-corrected chi connectivity index (χ4v) is 2.39. The van der Waals surface area contributed by atoms with E-state index in [-0.39, 0.29) is 0 Å². The summed E-state index contributed by atoms with van der Waals surface area (Å²) in [5.41, 5.74) is 0.980. The molecule has 1 aliphatic rings. The van der Waals surface area contributed by atoms with Gasteiger partial charge in [-0.3, -0.25) is 0 Å². The molecule has 1 nitrogen and oxygen atoms in total. The van der Waals surface area contributed by atoms with Crippen molar-refractivity contribution in [1.82, 2.24) is 0 Å². The van der Waals surface area contributed by atoms with E-state index >= 15 is 0 Å². The van der Waals surface area contributed by atoms with E-state index in [0.717, 1.165) is 36.3 Å². The summed E-state index contributed by atoms with van der Waals surface area (Å²) >= 11 is 0. The maximum atomic E-state index is 7.79. The molecule has 1 aliphatic carbocycles. The average molecular weight is 181 g/mol. The Morgan fingerprint density at radius 3 is 2.54 bits per heavy atom. The van der Waals surface area contributed by atoms with Gasteiger partial charge in [-0.1, -0.05) is 27.2 Å². The van der Waals surface area contributed by atoms with Gasteiger partial charge in [0, 0.05) is 5.71 Å². The van der Waals surface area contributed by atoms with Crippen LogP contribution in [0.25, 0.3) is 0 Å². The van der Waals surface area contributed by atoms with E-state index in [9.17, 15) is 0 Å². The van der Waals surface area contributed by atoms with Crippen molar-refractivity contribution in [2.75, 3.05) is 0 Å². The van der Waals surface area contributed by atoms with Gasteiger partial charge in [-0.15, -0.1) is 0 Å². The summed E-state index contributed by atoms with van der Waals surface area (Å²) in [7, 11) is 0. The molecule has 0 amide bonds. The molecule has 1 saturated carbocycles. The summed E-state index contributed by atoms with van der Waals surface area (Å²) in [6.07, 6.45) is 5.94. The van der Waals surface area contributed by atoms with Crippen LogP contribution in [-0.4, -0.2) is 5.71 Å². The van der Waals surface area contributed by atoms with Gasteiger partial charge in [-0.25, -0.2) is 0 Å². The summed E-state index contributed by atoms with van der Waals surface area (Å²) in [6, 6.07) is 0. The molecule has 0 spiro atoms. The highest BCUT2D eigenvalue weighted by atomic mass is 14.4. The molecule has 1 rings (SSSR count). The van der Waals surface area contributed by atoms with E-state index in [1.54, 1.807) is 0 Å². The summed E-state index contributed by atoms with van der Waals surface area (Å²) in [6.45, 7) is 7.03. The highest BCUT2D eigenvalue weighted by Gasteiger charge is 2.18. The van der Waals surface area contributed by atoms with Crippen LogP contribution < -0.4 is 0 Å². The van der Waals surface area contributed by atoms with E-state index in [4.69, 9.17) is 5.41 Å². The fourth-order valence-electron chi connectivity index (χ4n) is 2.39. The van der Waals surface area contributed by atoms with Gasteiger partial charge in [-0.2, -0.15) is 0 Å². The van der Waals surface area contributed by atoms with Crippen molar-refractivity contribution < 1.29 is 0 Å². The third-order valence-electron chi connectivity index (χ3n) is 3.48. The smallest absolute Gasteiger partial charge is 0.00918 e. The van der Waals surface area contributed by atoms with Gasteiger partial charge in [0.25, 0.3) is 0 Å². The van der Waals surface area contributed by atoms with Crippen LogP contribution >= 0.6 is 0 Å². The topological polar surface area (TPSA) is 23.9 Å². The molecule has 0 aliphatic heterocycles. The second-order valence-corrected chi connectivity index (χ2v) is 5.00. The van der Waals surface area contributed by atoms with E-state index in [1.165, 1.54) is 19.3 Å². The molecule has 0 aromatic carbocycles. The number of nitrogens with one attached hydrogen (secondary N) is 1. The van der Waals surface area contributed by atoms with Crippen LogP contribution in [0, 0.1) is 23.2 Å². The fraction of sp³-hybridized carbons (Fsp3) is 0.917. The zero-order valence-electron chi connectivity index (χ0n) is 9.27. The van der Waals surface area contributed by atoms with Crippen LogP contribution in [-0.2, 0) is 0 Å². The molecule has 0 saturated heterocycles. The molecule has 0 aromatic heterocycles. The maximum absolute atomic E-state index is 7.79. The number of hydrogen-bond acceptors (Lipinski definition) is 1. The van der Waals surface area contributed by atoms with Gasteiger partial charge in [0.1, 0.15) is 0 Å². The molecule has 1 N–H and O–H groups in total. The molecule has 1 fully saturated rings. The van der Waals surface area contributed by atoms with Crippen LogP contribution in [0.5, 0.6) is 0 Å². The van der Waals surface area contributed by atoms with E-state index in [0.29, 0.717) is 0 Å². The molecule has 0 radical (unpaired) electrons. The minimum Gasteiger partial charge on any atom is -0.310 e. The predicted molar refractivity (Wildman–Crippen MR) is 58.3 cm³/mol. The van der Waals surface area contributed by atoms with Crippen LogP contribution in [0.15, 0.2) is 0 Å². The van der Waals surface area contributed by atoms with E-state index in [2.05, 4.69) is 20.8 Å². The highest BCUT2D eigenvalue weighted by molar-refractivity contribution is 5.81. The Morgan fingerprint density at radius 2 is 1.85 bits per heavy atom. The maximum Gasteiger partial charge on any atom is 0.00918 e. The Labute approximate surface area is 82.4 Å². The van der Waals surface area contributed by atoms with Crippen LogP contribution in [0.1, 0.15) is 52.9 Å². The van der Waals surface area contributed by atoms with E-state index < -0.39 is 0 Å². The van der Waals surface area contributed by atoms with Gasteiger partial charge in [0.05, 0.1) is 0 Å². The number of rotatable bonds is 0. The zero-order chi connectivity index (χ0) is 9.84. The molecular formula is C12H23N. The first-order chi connectivity index (χ1) is 6.09. The minimum absolute atomic E-state index is 0.725. The lowest BCUT2D eigenvalue weighted by Gasteiger charge is -2.21. The minimum atomic E-state index is 0.725. The summed E-state index contributed by atoms with van der Waals surface area (Å²) in [4.78, 5) is 0. The second-order valence-electron chi connectivity index (χ2n) is 5.00. The number of hydrogen-bond donors (Lipinski definition) is 1. The van der Waals surface area contributed by atoms with Crippen molar-refractivity contribution in [3.63, 3.8) is 0 Å². The first kappa shape index (κ1) is 10.7. The van der Waals surface area contributed by atoms with Gasteiger partial charge < -0.3 is 5.41 Å². The molecule has 0 aromatic rings. The molecular weight excluding hydrogens is 158 g/mol. The molecule has 2 unspecified atom stereocenters. The standard InChI is InChI=1S/C12H23N/c1-9-7-11(3)10(2)5-4-6-12(13)8-9/h9-11,13H,4-8H2,1-3H3/t9-,10?,11?/m1/s1. The first-order valence-electron chi connectivity index (χ1n) is 5.66. The highest BCUT2D eigenvalue weighted by Crippen LogP contribution is 2.28. The molecule has 3 atom stereocenters. The van der Waals surface area contributed by atoms with Gasteiger partial charge in [0.2, 0.25) is 0 Å². The third-order valence-corrected chi connectivity index (χ3v) is 3.48. The van der Waals surface area contributed by atoms with Crippen molar-refractivity contribution in [3.8, 4) is 0 Å². The van der Waals surface area contributed by atoms with E-state index in [1.807, 2.05) is 0 Å². The summed E-state index contributed by atoms with van der Waals surface area (Å²) in [5, 5.41) is 7.79. The second kappa shape index (κ2) is 4.78. The third kappa shape index (κ3) is 3.50. The summed E-state index contributed by atoms with van der Waals surface area (Å²) in [5.74, 6) is 2.43. The summed E-state index contributed by atoms with van der Waals surface area (Å²) < 4.78 is 0. The monoisotopic (exact) mass is 181 g/mol. The molecule has 76 valence electrons. The Kier molecular flexibility index (Phi) is 3.95. The Balaban J connectivity index is 2.53. The molecule has 13 heavy (non-hydrogen) atoms. The van der Waals surface area contributed by atoms with Crippen molar-refractivity contribution in [2.45, 2.75) is 52.9 Å². The van der Waals surface area contributed by atoms with Crippen LogP contribution in [0.4, 0.5) is 0 Å². The normalized spacial score (nSPS) is 37.8. The van der Waals surface area contributed by atoms with Crippen LogP contribution in [0.3, 0.4) is 0 Å². The lowest BCUT2D eigenvalue weighted by molar-refractivity contribution is 0.305. The molecule has 0 bridgehead atoms. The van der Waals surface area contributed by atoms with Crippen LogP contribution in [0.2, 0.25) is 0 Å². The van der Waals surface area contributed by atoms with Crippen molar-refractivity contribution in [2.24, 2.45) is 17.8 Å². The quantitative estimate of drug-likeness (QED) is 0.586. The average Bonchev–Trinajstić information content (AvgIpc) is 2.06. The Bertz CT molecular complexity index is 174. The van der Waals surface area contributed by atoms with Gasteiger partial charge in [-0.05, 0) is 43.4 Å². The molecule has 1 heteroatoms. The SMILES string of the molecule is CC1CCCC(=N)C[C@H](C)CC1C. The predicted octanol–water partition coefficient (Wildman–Crippen LogP) is 3.88. The Hall–Kier alpha value is -0.330. The van der Waals surface area contributed by atoms with Crippen molar-refractivity contribution in [3.05, 3.63) is 0 Å². The van der Waals surface area contributed by atoms with Gasteiger partial charge in [0.15, 0.2) is 0 Å². The zero-order valence-corrected chi connectivity index (χ0v) is 9.27. The Morgan fingerprint density at radius 1 is 1.15 bits per heavy atom. The lowest BCUT2D eigenvalue weighted by Crippen LogP contribution is -2.11. The van der Waals surface area contributed by atoms with Crippen molar-refractivity contribution >= 4 is 5.71 Å². The van der Waals surface area contributed by atoms with Gasteiger partial charge >= 0.3 is 0 Å². The largest absolute Gasteiger partial charge is 0.310 e. The molecule has 0 heterocycles. The first-order valence-corrected chi connectivity index (χ1v) is 5.66. The lowest BCUT2D eigenvalue weighted by atomic mass is 9.85. The van der Waals surface area contributed by atoms with Crippen molar-refractivity contribution in [1.29, 1.82) is 5.41 Å².